The summed E-state index contributed by atoms with van der Waals surface area (Å²) in [5, 5.41) is 2.40. The maximum atomic E-state index is 5.18. The number of rotatable bonds is 5. The molecule has 0 atom stereocenters. The van der Waals surface area contributed by atoms with Crippen molar-refractivity contribution in [3.63, 3.8) is 0 Å². The number of unbranched alkanes of at least 4 members (excludes halogenated alkanes) is 1. The largest absolute Gasteiger partial charge is 0.236 e. The van der Waals surface area contributed by atoms with Crippen molar-refractivity contribution >= 4 is 43.5 Å². The summed E-state index contributed by atoms with van der Waals surface area (Å²) in [6, 6.07) is 10.7. The number of hydrogen-bond donors (Lipinski definition) is 0. The topological polar surface area (TPSA) is 38.7 Å². The zero-order chi connectivity index (χ0) is 18.9. The van der Waals surface area contributed by atoms with Gasteiger partial charge in [0, 0.05) is 10.9 Å². The summed E-state index contributed by atoms with van der Waals surface area (Å²) in [7, 11) is 0. The van der Waals surface area contributed by atoms with Gasteiger partial charge in [0.15, 0.2) is 0 Å². The molecule has 1 aliphatic carbocycles. The van der Waals surface area contributed by atoms with E-state index in [1.807, 2.05) is 11.8 Å². The first kappa shape index (κ1) is 18.1. The van der Waals surface area contributed by atoms with Gasteiger partial charge in [-0.1, -0.05) is 43.7 Å². The van der Waals surface area contributed by atoms with Gasteiger partial charge in [0.25, 0.3) is 0 Å². The molecule has 0 saturated heterocycles. The van der Waals surface area contributed by atoms with Crippen LogP contribution in [0.15, 0.2) is 41.7 Å². The Morgan fingerprint density at radius 2 is 1.86 bits per heavy atom. The van der Waals surface area contributed by atoms with Crippen molar-refractivity contribution in [3.8, 4) is 11.3 Å². The average Bonchev–Trinajstić information content (AvgIpc) is 3.14. The van der Waals surface area contributed by atoms with E-state index in [1.54, 1.807) is 17.7 Å². The molecule has 0 aliphatic heterocycles. The molecule has 1 aromatic carbocycles. The first-order valence-electron chi connectivity index (χ1n) is 10.1. The number of benzene rings is 1. The first-order valence-corrected chi connectivity index (χ1v) is 11.9. The normalized spacial score (nSPS) is 13.9. The first-order chi connectivity index (χ1) is 13.9. The Bertz CT molecular complexity index is 1140. The van der Waals surface area contributed by atoms with Crippen molar-refractivity contribution in [2.45, 2.75) is 50.5 Å². The number of pyridine rings is 1. The van der Waals surface area contributed by atoms with Crippen LogP contribution in [0, 0.1) is 0 Å². The third-order valence-corrected chi connectivity index (χ3v) is 7.76. The lowest BCUT2D eigenvalue weighted by Gasteiger charge is -2.20. The van der Waals surface area contributed by atoms with Crippen LogP contribution >= 0.6 is 23.1 Å². The minimum atomic E-state index is 1.11. The number of aromatic nitrogens is 3. The quantitative estimate of drug-likeness (QED) is 0.211. The van der Waals surface area contributed by atoms with E-state index in [0.717, 1.165) is 34.0 Å². The molecule has 3 aromatic heterocycles. The molecule has 0 fully saturated rings. The molecule has 0 spiro atoms. The molecule has 0 amide bonds. The average molecular weight is 406 g/mol. The van der Waals surface area contributed by atoms with E-state index in [9.17, 15) is 0 Å². The van der Waals surface area contributed by atoms with E-state index < -0.39 is 0 Å². The predicted octanol–water partition coefficient (Wildman–Crippen LogP) is 6.68. The van der Waals surface area contributed by atoms with Crippen LogP contribution in [0.4, 0.5) is 0 Å². The molecule has 0 radical (unpaired) electrons. The monoisotopic (exact) mass is 405 g/mol. The molecule has 3 heterocycles. The van der Waals surface area contributed by atoms with Gasteiger partial charge < -0.3 is 0 Å². The molecule has 5 heteroatoms. The molecule has 0 bridgehead atoms. The van der Waals surface area contributed by atoms with Crippen LogP contribution in [0.5, 0.6) is 0 Å². The zero-order valence-electron chi connectivity index (χ0n) is 16.1. The molecule has 3 nitrogen and oxygen atoms in total. The Kier molecular flexibility index (Phi) is 5.03. The van der Waals surface area contributed by atoms with Gasteiger partial charge in [0.2, 0.25) is 0 Å². The summed E-state index contributed by atoms with van der Waals surface area (Å²) >= 11 is 3.63. The molecule has 5 rings (SSSR count). The van der Waals surface area contributed by atoms with Gasteiger partial charge in [-0.15, -0.1) is 23.1 Å². The van der Waals surface area contributed by atoms with Crippen LogP contribution < -0.4 is 0 Å². The lowest BCUT2D eigenvalue weighted by molar-refractivity contribution is 0.689. The highest BCUT2D eigenvalue weighted by molar-refractivity contribution is 7.99. The van der Waals surface area contributed by atoms with Crippen LogP contribution in [-0.4, -0.2) is 20.7 Å². The van der Waals surface area contributed by atoms with Crippen molar-refractivity contribution in [3.05, 3.63) is 47.8 Å². The van der Waals surface area contributed by atoms with Gasteiger partial charge in [0.1, 0.15) is 16.2 Å². The van der Waals surface area contributed by atoms with Gasteiger partial charge >= 0.3 is 0 Å². The van der Waals surface area contributed by atoms with E-state index >= 15 is 0 Å². The van der Waals surface area contributed by atoms with E-state index in [2.05, 4.69) is 42.2 Å². The number of aryl methyl sites for hydroxylation is 1. The Morgan fingerprint density at radius 3 is 2.68 bits per heavy atom. The fourth-order valence-electron chi connectivity index (χ4n) is 4.09. The van der Waals surface area contributed by atoms with Crippen LogP contribution in [0.2, 0.25) is 0 Å². The van der Waals surface area contributed by atoms with Gasteiger partial charge in [0.05, 0.1) is 15.9 Å². The number of thioether (sulfide) groups is 1. The third-order valence-electron chi connectivity index (χ3n) is 5.47. The molecule has 142 valence electrons. The Labute approximate surface area is 173 Å². The molecule has 4 aromatic rings. The zero-order valence-corrected chi connectivity index (χ0v) is 17.7. The molecule has 28 heavy (non-hydrogen) atoms. The fourth-order valence-corrected chi connectivity index (χ4v) is 6.41. The number of hydrogen-bond acceptors (Lipinski definition) is 5. The number of fused-ring (bicyclic) bond motifs is 5. The molecular weight excluding hydrogens is 382 g/mol. The minimum Gasteiger partial charge on any atom is -0.236 e. The SMILES string of the molecule is CCCCSc1ncnc2c1sc1nc(-c3ccccc3)c3c(c12)CCCC3. The van der Waals surface area contributed by atoms with Gasteiger partial charge in [-0.3, -0.25) is 0 Å². The predicted molar refractivity (Wildman–Crippen MR) is 120 cm³/mol. The van der Waals surface area contributed by atoms with Crippen LogP contribution in [0.1, 0.15) is 43.7 Å². The van der Waals surface area contributed by atoms with Crippen LogP contribution in [-0.2, 0) is 12.8 Å². The van der Waals surface area contributed by atoms with E-state index in [0.29, 0.717) is 0 Å². The molecule has 0 unspecified atom stereocenters. The maximum Gasteiger partial charge on any atom is 0.127 e. The van der Waals surface area contributed by atoms with E-state index in [4.69, 9.17) is 9.97 Å². The second-order valence-corrected chi connectivity index (χ2v) is 9.41. The van der Waals surface area contributed by atoms with Gasteiger partial charge in [-0.2, -0.15) is 0 Å². The Hall–Kier alpha value is -1.98. The molecule has 0 N–H and O–H groups in total. The van der Waals surface area contributed by atoms with Crippen LogP contribution in [0.25, 0.3) is 31.7 Å². The van der Waals surface area contributed by atoms with Crippen molar-refractivity contribution in [2.75, 3.05) is 5.75 Å². The second-order valence-electron chi connectivity index (χ2n) is 7.33. The summed E-state index contributed by atoms with van der Waals surface area (Å²) in [6.07, 6.45) is 8.90. The van der Waals surface area contributed by atoms with Gasteiger partial charge in [-0.05, 0) is 49.0 Å². The minimum absolute atomic E-state index is 1.11. The lowest BCUT2D eigenvalue weighted by Crippen LogP contribution is -2.07. The summed E-state index contributed by atoms with van der Waals surface area (Å²) in [4.78, 5) is 15.6. The summed E-state index contributed by atoms with van der Waals surface area (Å²) < 4.78 is 1.21. The summed E-state index contributed by atoms with van der Waals surface area (Å²) in [5.74, 6) is 1.11. The molecule has 1 aliphatic rings. The Morgan fingerprint density at radius 1 is 1.04 bits per heavy atom. The van der Waals surface area contributed by atoms with E-state index in [1.165, 1.54) is 58.2 Å². The van der Waals surface area contributed by atoms with E-state index in [-0.39, 0.29) is 0 Å². The number of nitrogens with zero attached hydrogens (tertiary/aromatic N) is 3. The third kappa shape index (κ3) is 3.11. The highest BCUT2D eigenvalue weighted by Gasteiger charge is 2.23. The fraction of sp³-hybridized carbons (Fsp3) is 0.348. The van der Waals surface area contributed by atoms with Crippen molar-refractivity contribution in [2.24, 2.45) is 0 Å². The summed E-state index contributed by atoms with van der Waals surface area (Å²) in [6.45, 7) is 2.23. The highest BCUT2D eigenvalue weighted by atomic mass is 32.2. The van der Waals surface area contributed by atoms with Crippen molar-refractivity contribution < 1.29 is 0 Å². The summed E-state index contributed by atoms with van der Waals surface area (Å²) in [5.41, 5.74) is 6.42. The van der Waals surface area contributed by atoms with Crippen molar-refractivity contribution in [1.82, 2.24) is 15.0 Å². The van der Waals surface area contributed by atoms with Gasteiger partial charge in [-0.25, -0.2) is 15.0 Å². The standard InChI is InChI=1S/C23H23N3S2/c1-2-3-13-27-23-21-20(24-14-25-23)18-16-11-7-8-12-17(16)19(26-22(18)28-21)15-9-5-4-6-10-15/h4-6,9-10,14H,2-3,7-8,11-13H2,1H3. The maximum absolute atomic E-state index is 5.18. The second kappa shape index (κ2) is 7.80. The van der Waals surface area contributed by atoms with Crippen LogP contribution in [0.3, 0.4) is 0 Å². The molecule has 0 saturated carbocycles. The lowest BCUT2D eigenvalue weighted by atomic mass is 9.87. The highest BCUT2D eigenvalue weighted by Crippen LogP contribution is 2.43. The number of thiophene rings is 1. The Balaban J connectivity index is 1.75. The smallest absolute Gasteiger partial charge is 0.127 e. The van der Waals surface area contributed by atoms with Crippen molar-refractivity contribution in [1.29, 1.82) is 0 Å². The molecular formula is C23H23N3S2.